The van der Waals surface area contributed by atoms with E-state index in [0.29, 0.717) is 12.4 Å². The van der Waals surface area contributed by atoms with Gasteiger partial charge in [0.05, 0.1) is 7.11 Å². The standard InChI is InChI=1S/C13H14FN3O/c1-18-11-5-3-2-4-10(11)6-7-15-13-8-12(14)16-9-17-13/h2-5,8-9H,6-7H2,1H3,(H,15,16,17). The molecule has 0 saturated carbocycles. The number of rotatable bonds is 5. The van der Waals surface area contributed by atoms with Crippen molar-refractivity contribution in [3.63, 3.8) is 0 Å². The van der Waals surface area contributed by atoms with Crippen LogP contribution in [0.2, 0.25) is 0 Å². The van der Waals surface area contributed by atoms with Crippen molar-refractivity contribution in [3.05, 3.63) is 48.2 Å². The van der Waals surface area contributed by atoms with Crippen molar-refractivity contribution < 1.29 is 9.13 Å². The molecular formula is C13H14FN3O. The Morgan fingerprint density at radius 3 is 2.89 bits per heavy atom. The summed E-state index contributed by atoms with van der Waals surface area (Å²) in [5, 5.41) is 3.04. The van der Waals surface area contributed by atoms with Gasteiger partial charge in [-0.3, -0.25) is 0 Å². The van der Waals surface area contributed by atoms with Crippen molar-refractivity contribution in [2.75, 3.05) is 19.0 Å². The summed E-state index contributed by atoms with van der Waals surface area (Å²) < 4.78 is 18.1. The van der Waals surface area contributed by atoms with Crippen LogP contribution in [0.5, 0.6) is 5.75 Å². The largest absolute Gasteiger partial charge is 0.496 e. The first-order valence-electron chi connectivity index (χ1n) is 5.63. The molecule has 5 heteroatoms. The molecule has 0 bridgehead atoms. The normalized spacial score (nSPS) is 10.1. The van der Waals surface area contributed by atoms with Gasteiger partial charge in [0, 0.05) is 12.6 Å². The third-order valence-corrected chi connectivity index (χ3v) is 2.53. The number of nitrogens with one attached hydrogen (secondary N) is 1. The molecule has 0 amide bonds. The average Bonchev–Trinajstić information content (AvgIpc) is 2.39. The molecule has 0 saturated heterocycles. The molecule has 0 atom stereocenters. The fourth-order valence-electron chi connectivity index (χ4n) is 1.66. The van der Waals surface area contributed by atoms with Crippen molar-refractivity contribution in [3.8, 4) is 5.75 Å². The highest BCUT2D eigenvalue weighted by Gasteiger charge is 2.02. The van der Waals surface area contributed by atoms with Crippen LogP contribution < -0.4 is 10.1 Å². The van der Waals surface area contributed by atoms with Gasteiger partial charge in [-0.05, 0) is 18.1 Å². The molecule has 2 rings (SSSR count). The van der Waals surface area contributed by atoms with E-state index in [0.717, 1.165) is 17.7 Å². The van der Waals surface area contributed by atoms with Gasteiger partial charge in [-0.2, -0.15) is 4.39 Å². The molecule has 0 aliphatic carbocycles. The quantitative estimate of drug-likeness (QED) is 0.823. The van der Waals surface area contributed by atoms with Crippen molar-refractivity contribution in [2.24, 2.45) is 0 Å². The number of halogens is 1. The summed E-state index contributed by atoms with van der Waals surface area (Å²) in [5.74, 6) is 0.801. The van der Waals surface area contributed by atoms with Crippen LogP contribution in [0.4, 0.5) is 10.2 Å². The topological polar surface area (TPSA) is 47.0 Å². The van der Waals surface area contributed by atoms with Crippen molar-refractivity contribution >= 4 is 5.82 Å². The van der Waals surface area contributed by atoms with Crippen LogP contribution in [0, 0.1) is 5.95 Å². The van der Waals surface area contributed by atoms with Crippen molar-refractivity contribution in [1.29, 1.82) is 0 Å². The maximum Gasteiger partial charge on any atom is 0.217 e. The molecule has 2 aromatic rings. The first-order chi connectivity index (χ1) is 8.79. The zero-order valence-electron chi connectivity index (χ0n) is 10.1. The minimum Gasteiger partial charge on any atom is -0.496 e. The van der Waals surface area contributed by atoms with Gasteiger partial charge in [0.1, 0.15) is 17.9 Å². The minimum atomic E-state index is -0.537. The number of aromatic nitrogens is 2. The second-order valence-electron chi connectivity index (χ2n) is 3.71. The molecule has 0 fully saturated rings. The molecule has 18 heavy (non-hydrogen) atoms. The third-order valence-electron chi connectivity index (χ3n) is 2.53. The van der Waals surface area contributed by atoms with Crippen LogP contribution in [0.1, 0.15) is 5.56 Å². The fraction of sp³-hybridized carbons (Fsp3) is 0.231. The monoisotopic (exact) mass is 247 g/mol. The van der Waals surface area contributed by atoms with Gasteiger partial charge < -0.3 is 10.1 Å². The molecule has 4 nitrogen and oxygen atoms in total. The lowest BCUT2D eigenvalue weighted by Crippen LogP contribution is -2.07. The minimum absolute atomic E-state index is 0.484. The Kier molecular flexibility index (Phi) is 4.06. The molecule has 1 aromatic heterocycles. The summed E-state index contributed by atoms with van der Waals surface area (Å²) >= 11 is 0. The molecule has 1 aromatic carbocycles. The van der Waals surface area contributed by atoms with Gasteiger partial charge in [0.25, 0.3) is 0 Å². The molecule has 0 spiro atoms. The summed E-state index contributed by atoms with van der Waals surface area (Å²) in [6.07, 6.45) is 1.97. The number of ether oxygens (including phenoxy) is 1. The molecule has 1 N–H and O–H groups in total. The lowest BCUT2D eigenvalue weighted by Gasteiger charge is -2.09. The molecule has 0 unspecified atom stereocenters. The molecule has 0 aliphatic rings. The van der Waals surface area contributed by atoms with E-state index >= 15 is 0 Å². The first kappa shape index (κ1) is 12.3. The molecular weight excluding hydrogens is 233 g/mol. The lowest BCUT2D eigenvalue weighted by molar-refractivity contribution is 0.410. The summed E-state index contributed by atoms with van der Waals surface area (Å²) in [4.78, 5) is 7.32. The highest BCUT2D eigenvalue weighted by Crippen LogP contribution is 2.17. The average molecular weight is 247 g/mol. The molecule has 0 aliphatic heterocycles. The number of hydrogen-bond donors (Lipinski definition) is 1. The van der Waals surface area contributed by atoms with E-state index in [-0.39, 0.29) is 0 Å². The predicted octanol–water partition coefficient (Wildman–Crippen LogP) is 2.28. The zero-order valence-corrected chi connectivity index (χ0v) is 10.1. The Labute approximate surface area is 105 Å². The smallest absolute Gasteiger partial charge is 0.217 e. The second-order valence-corrected chi connectivity index (χ2v) is 3.71. The number of hydrogen-bond acceptors (Lipinski definition) is 4. The van der Waals surface area contributed by atoms with E-state index in [1.807, 2.05) is 24.3 Å². The van der Waals surface area contributed by atoms with E-state index in [9.17, 15) is 4.39 Å². The molecule has 1 heterocycles. The van der Waals surface area contributed by atoms with E-state index in [2.05, 4.69) is 15.3 Å². The fourth-order valence-corrected chi connectivity index (χ4v) is 1.66. The van der Waals surface area contributed by atoms with Gasteiger partial charge in [-0.25, -0.2) is 9.97 Å². The van der Waals surface area contributed by atoms with Gasteiger partial charge >= 0.3 is 0 Å². The van der Waals surface area contributed by atoms with Crippen LogP contribution in [0.25, 0.3) is 0 Å². The maximum absolute atomic E-state index is 12.8. The third kappa shape index (κ3) is 3.16. The van der Waals surface area contributed by atoms with Gasteiger partial charge in [-0.15, -0.1) is 0 Å². The number of nitrogens with zero attached hydrogens (tertiary/aromatic N) is 2. The summed E-state index contributed by atoms with van der Waals surface area (Å²) in [6.45, 7) is 0.650. The van der Waals surface area contributed by atoms with Crippen LogP contribution in [-0.2, 0) is 6.42 Å². The Hall–Kier alpha value is -2.17. The molecule has 0 radical (unpaired) electrons. The number of methoxy groups -OCH3 is 1. The summed E-state index contributed by atoms with van der Waals surface area (Å²) in [5.41, 5.74) is 1.10. The van der Waals surface area contributed by atoms with Gasteiger partial charge in [0.15, 0.2) is 0 Å². The number of para-hydroxylation sites is 1. The first-order valence-corrected chi connectivity index (χ1v) is 5.63. The summed E-state index contributed by atoms with van der Waals surface area (Å²) in [7, 11) is 1.64. The van der Waals surface area contributed by atoms with Crippen molar-refractivity contribution in [2.45, 2.75) is 6.42 Å². The highest BCUT2D eigenvalue weighted by atomic mass is 19.1. The van der Waals surface area contributed by atoms with Crippen LogP contribution in [-0.4, -0.2) is 23.6 Å². The second kappa shape index (κ2) is 5.95. The summed E-state index contributed by atoms with van der Waals surface area (Å²) in [6, 6.07) is 9.07. The number of benzene rings is 1. The maximum atomic E-state index is 12.8. The van der Waals surface area contributed by atoms with Gasteiger partial charge in [0.2, 0.25) is 5.95 Å². The predicted molar refractivity (Wildman–Crippen MR) is 67.2 cm³/mol. The lowest BCUT2D eigenvalue weighted by atomic mass is 10.1. The van der Waals surface area contributed by atoms with E-state index in [4.69, 9.17) is 4.74 Å². The van der Waals surface area contributed by atoms with E-state index < -0.39 is 5.95 Å². The van der Waals surface area contributed by atoms with Crippen LogP contribution in [0.15, 0.2) is 36.7 Å². The Balaban J connectivity index is 1.92. The molecule has 94 valence electrons. The zero-order chi connectivity index (χ0) is 12.8. The van der Waals surface area contributed by atoms with Crippen LogP contribution in [0.3, 0.4) is 0 Å². The van der Waals surface area contributed by atoms with Crippen LogP contribution >= 0.6 is 0 Å². The van der Waals surface area contributed by atoms with Gasteiger partial charge in [-0.1, -0.05) is 18.2 Å². The van der Waals surface area contributed by atoms with E-state index in [1.165, 1.54) is 12.4 Å². The Bertz CT molecular complexity index is 519. The highest BCUT2D eigenvalue weighted by molar-refractivity contribution is 5.36. The Morgan fingerprint density at radius 2 is 2.11 bits per heavy atom. The van der Waals surface area contributed by atoms with E-state index in [1.54, 1.807) is 7.11 Å². The van der Waals surface area contributed by atoms with Crippen molar-refractivity contribution in [1.82, 2.24) is 9.97 Å². The number of anilines is 1. The SMILES string of the molecule is COc1ccccc1CCNc1cc(F)ncn1. The Morgan fingerprint density at radius 1 is 1.28 bits per heavy atom.